The molecule has 0 aromatic rings. The van der Waals surface area contributed by atoms with Crippen LogP contribution in [0.5, 0.6) is 0 Å². The number of amides is 2. The number of nitrogens with zero attached hydrogens (tertiary/aromatic N) is 2. The average molecular weight is 339 g/mol. The van der Waals surface area contributed by atoms with Gasteiger partial charge in [-0.15, -0.1) is 0 Å². The summed E-state index contributed by atoms with van der Waals surface area (Å²) < 4.78 is 5.09. The van der Waals surface area contributed by atoms with Crippen molar-refractivity contribution in [3.8, 4) is 0 Å². The third-order valence-electron chi connectivity index (χ3n) is 4.57. The molecular weight excluding hydrogens is 310 g/mol. The number of hydrogen-bond donors (Lipinski definition) is 1. The molecule has 1 atom stereocenters. The van der Waals surface area contributed by atoms with E-state index in [1.807, 2.05) is 16.7 Å². The van der Waals surface area contributed by atoms with Crippen molar-refractivity contribution < 1.29 is 19.1 Å². The largest absolute Gasteiger partial charge is 0.466 e. The lowest BCUT2D eigenvalue weighted by molar-refractivity contribution is -0.149. The van der Waals surface area contributed by atoms with Crippen LogP contribution in [0.2, 0.25) is 0 Å². The highest BCUT2D eigenvalue weighted by molar-refractivity contribution is 5.88. The van der Waals surface area contributed by atoms with Gasteiger partial charge in [0.15, 0.2) is 0 Å². The zero-order valence-corrected chi connectivity index (χ0v) is 14.6. The number of nitrogens with one attached hydrogen (secondary N) is 1. The maximum atomic E-state index is 12.6. The normalized spacial score (nSPS) is 22.6. The zero-order chi connectivity index (χ0) is 17.4. The van der Waals surface area contributed by atoms with Crippen LogP contribution in [-0.4, -0.2) is 73.0 Å². The summed E-state index contributed by atoms with van der Waals surface area (Å²) in [7, 11) is 0. The Labute approximate surface area is 143 Å². The first-order chi connectivity index (χ1) is 11.6. The van der Waals surface area contributed by atoms with Gasteiger partial charge in [0.2, 0.25) is 11.8 Å². The van der Waals surface area contributed by atoms with Crippen molar-refractivity contribution in [2.24, 2.45) is 0 Å². The number of rotatable bonds is 6. The van der Waals surface area contributed by atoms with Crippen LogP contribution in [-0.2, 0) is 19.1 Å². The smallest absolute Gasteiger partial charge is 0.307 e. The first-order valence-corrected chi connectivity index (χ1v) is 9.07. The predicted octanol–water partition coefficient (Wildman–Crippen LogP) is 0.533. The lowest BCUT2D eigenvalue weighted by Crippen LogP contribution is -2.58. The Hall–Kier alpha value is -1.63. The minimum atomic E-state index is -0.612. The Morgan fingerprint density at radius 2 is 1.88 bits per heavy atom. The first-order valence-electron chi connectivity index (χ1n) is 9.07. The molecule has 2 aliphatic rings. The second-order valence-corrected chi connectivity index (χ2v) is 6.50. The number of likely N-dealkylation sites (tertiary alicyclic amines) is 1. The summed E-state index contributed by atoms with van der Waals surface area (Å²) in [4.78, 5) is 40.3. The van der Waals surface area contributed by atoms with Gasteiger partial charge >= 0.3 is 5.97 Å². The Morgan fingerprint density at radius 1 is 1.17 bits per heavy atom. The maximum absolute atomic E-state index is 12.6. The lowest BCUT2D eigenvalue weighted by atomic mass is 10.1. The number of hydrogen-bond acceptors (Lipinski definition) is 5. The van der Waals surface area contributed by atoms with Crippen LogP contribution in [0.1, 0.15) is 45.4 Å². The summed E-state index contributed by atoms with van der Waals surface area (Å²) in [5, 5.41) is 2.77. The van der Waals surface area contributed by atoms with E-state index < -0.39 is 6.04 Å². The molecule has 2 amide bonds. The molecule has 2 aliphatic heterocycles. The van der Waals surface area contributed by atoms with Crippen molar-refractivity contribution >= 4 is 17.8 Å². The van der Waals surface area contributed by atoms with Gasteiger partial charge in [0, 0.05) is 26.2 Å². The van der Waals surface area contributed by atoms with E-state index in [4.69, 9.17) is 4.74 Å². The van der Waals surface area contributed by atoms with Gasteiger partial charge in [-0.25, -0.2) is 0 Å². The summed E-state index contributed by atoms with van der Waals surface area (Å²) >= 11 is 0. The molecule has 136 valence electrons. The maximum Gasteiger partial charge on any atom is 0.307 e. The predicted molar refractivity (Wildman–Crippen MR) is 89.3 cm³/mol. The molecule has 0 aromatic heterocycles. The Kier molecular flexibility index (Phi) is 7.49. The average Bonchev–Trinajstić information content (AvgIpc) is 2.85. The molecule has 0 aliphatic carbocycles. The number of esters is 1. The van der Waals surface area contributed by atoms with E-state index in [-0.39, 0.29) is 30.7 Å². The van der Waals surface area contributed by atoms with Gasteiger partial charge < -0.3 is 15.0 Å². The fourth-order valence-corrected chi connectivity index (χ4v) is 3.20. The lowest BCUT2D eigenvalue weighted by Gasteiger charge is -2.35. The SMILES string of the molecule is CCCOC(=O)CC1C(=O)NCCN1CC(=O)N1CCCCCC1. The fourth-order valence-electron chi connectivity index (χ4n) is 3.20. The van der Waals surface area contributed by atoms with Crippen LogP contribution in [0.3, 0.4) is 0 Å². The van der Waals surface area contributed by atoms with E-state index in [0.29, 0.717) is 19.7 Å². The van der Waals surface area contributed by atoms with Crippen LogP contribution in [0.15, 0.2) is 0 Å². The van der Waals surface area contributed by atoms with Crippen LogP contribution >= 0.6 is 0 Å². The third kappa shape index (κ3) is 5.47. The molecule has 0 bridgehead atoms. The van der Waals surface area contributed by atoms with Gasteiger partial charge in [0.05, 0.1) is 19.6 Å². The summed E-state index contributed by atoms with van der Waals surface area (Å²) in [6.45, 7) is 5.15. The van der Waals surface area contributed by atoms with Crippen molar-refractivity contribution in [2.75, 3.05) is 39.3 Å². The van der Waals surface area contributed by atoms with Gasteiger partial charge in [-0.05, 0) is 19.3 Å². The third-order valence-corrected chi connectivity index (χ3v) is 4.57. The number of carbonyl (C=O) groups is 3. The monoisotopic (exact) mass is 339 g/mol. The van der Waals surface area contributed by atoms with Gasteiger partial charge in [-0.3, -0.25) is 19.3 Å². The highest BCUT2D eigenvalue weighted by Crippen LogP contribution is 2.13. The minimum absolute atomic E-state index is 0.000880. The van der Waals surface area contributed by atoms with Crippen LogP contribution in [0.25, 0.3) is 0 Å². The highest BCUT2D eigenvalue weighted by atomic mass is 16.5. The Morgan fingerprint density at radius 3 is 2.54 bits per heavy atom. The summed E-state index contributed by atoms with van der Waals surface area (Å²) in [5.74, 6) is -0.525. The minimum Gasteiger partial charge on any atom is -0.466 e. The molecule has 1 N–H and O–H groups in total. The molecule has 2 fully saturated rings. The summed E-state index contributed by atoms with van der Waals surface area (Å²) in [6.07, 6.45) is 5.17. The summed E-state index contributed by atoms with van der Waals surface area (Å²) in [5.41, 5.74) is 0. The molecular formula is C17H29N3O4. The number of carbonyl (C=O) groups excluding carboxylic acids is 3. The van der Waals surface area contributed by atoms with Crippen LogP contribution < -0.4 is 5.32 Å². The van der Waals surface area contributed by atoms with Crippen molar-refractivity contribution in [3.05, 3.63) is 0 Å². The second-order valence-electron chi connectivity index (χ2n) is 6.50. The molecule has 0 aromatic carbocycles. The van der Waals surface area contributed by atoms with Crippen molar-refractivity contribution in [3.63, 3.8) is 0 Å². The molecule has 24 heavy (non-hydrogen) atoms. The summed E-state index contributed by atoms with van der Waals surface area (Å²) in [6, 6.07) is -0.612. The van der Waals surface area contributed by atoms with Crippen molar-refractivity contribution in [1.29, 1.82) is 0 Å². The molecule has 2 heterocycles. The number of ether oxygens (including phenoxy) is 1. The van der Waals surface area contributed by atoms with Crippen molar-refractivity contribution in [1.82, 2.24) is 15.1 Å². The highest BCUT2D eigenvalue weighted by Gasteiger charge is 2.34. The molecule has 0 spiro atoms. The topological polar surface area (TPSA) is 79.0 Å². The number of piperazine rings is 1. The molecule has 7 nitrogen and oxygen atoms in total. The quantitative estimate of drug-likeness (QED) is 0.714. The van der Waals surface area contributed by atoms with Crippen molar-refractivity contribution in [2.45, 2.75) is 51.5 Å². The van der Waals surface area contributed by atoms with Gasteiger partial charge in [0.1, 0.15) is 6.04 Å². The van der Waals surface area contributed by atoms with E-state index in [0.717, 1.165) is 32.4 Å². The fraction of sp³-hybridized carbons (Fsp3) is 0.824. The molecule has 2 saturated heterocycles. The van der Waals surface area contributed by atoms with Crippen LogP contribution in [0, 0.1) is 0 Å². The Balaban J connectivity index is 1.93. The Bertz CT molecular complexity index is 447. The van der Waals surface area contributed by atoms with E-state index in [9.17, 15) is 14.4 Å². The molecule has 0 saturated carbocycles. The second kappa shape index (κ2) is 9.61. The molecule has 1 unspecified atom stereocenters. The molecule has 7 heteroatoms. The zero-order valence-electron chi connectivity index (χ0n) is 14.6. The van der Waals surface area contributed by atoms with E-state index in [2.05, 4.69) is 5.32 Å². The van der Waals surface area contributed by atoms with E-state index in [1.165, 1.54) is 12.8 Å². The van der Waals surface area contributed by atoms with Gasteiger partial charge in [-0.2, -0.15) is 0 Å². The van der Waals surface area contributed by atoms with E-state index in [1.54, 1.807) is 0 Å². The molecule has 2 rings (SSSR count). The van der Waals surface area contributed by atoms with E-state index >= 15 is 0 Å². The molecule has 0 radical (unpaired) electrons. The standard InChI is InChI=1S/C17H29N3O4/c1-2-11-24-16(22)12-14-17(23)18-7-10-20(14)13-15(21)19-8-5-3-4-6-9-19/h14H,2-13H2,1H3,(H,18,23). The van der Waals surface area contributed by atoms with Crippen LogP contribution in [0.4, 0.5) is 0 Å². The first kappa shape index (κ1) is 18.7. The van der Waals surface area contributed by atoms with Gasteiger partial charge in [-0.1, -0.05) is 19.8 Å². The van der Waals surface area contributed by atoms with Gasteiger partial charge in [0.25, 0.3) is 0 Å².